The van der Waals surface area contributed by atoms with E-state index in [2.05, 4.69) is 22.2 Å². The van der Waals surface area contributed by atoms with Crippen molar-refractivity contribution in [2.45, 2.75) is 13.0 Å². The van der Waals surface area contributed by atoms with Gasteiger partial charge >= 0.3 is 0 Å². The molecule has 0 aliphatic carbocycles. The topological polar surface area (TPSA) is 47.0 Å². The van der Waals surface area contributed by atoms with Crippen LogP contribution >= 0.6 is 0 Å². The van der Waals surface area contributed by atoms with Crippen LogP contribution in [0.4, 0.5) is 0 Å². The van der Waals surface area contributed by atoms with Gasteiger partial charge in [0.1, 0.15) is 5.75 Å². The Hall–Kier alpha value is -1.94. The van der Waals surface area contributed by atoms with Gasteiger partial charge < -0.3 is 10.1 Å². The van der Waals surface area contributed by atoms with Gasteiger partial charge in [-0.1, -0.05) is 6.07 Å². The van der Waals surface area contributed by atoms with Gasteiger partial charge in [0.05, 0.1) is 6.20 Å². The molecule has 1 atom stereocenters. The summed E-state index contributed by atoms with van der Waals surface area (Å²) in [6, 6.07) is 7.82. The average Bonchev–Trinajstić information content (AvgIpc) is 2.40. The molecule has 4 nitrogen and oxygen atoms in total. The summed E-state index contributed by atoms with van der Waals surface area (Å²) in [5.41, 5.74) is 1.13. The van der Waals surface area contributed by atoms with Crippen LogP contribution in [0, 0.1) is 0 Å². The highest BCUT2D eigenvalue weighted by molar-refractivity contribution is 5.26. The van der Waals surface area contributed by atoms with E-state index in [1.54, 1.807) is 12.4 Å². The number of hydrogen-bond acceptors (Lipinski definition) is 4. The third-order valence-electron chi connectivity index (χ3n) is 2.55. The van der Waals surface area contributed by atoms with E-state index in [0.29, 0.717) is 11.6 Å². The lowest BCUT2D eigenvalue weighted by Crippen LogP contribution is -2.12. The standard InChI is InChI=1S/C13H15N3O/c1-10(14-2)11-5-6-13(16-8-11)17-12-4-3-7-15-9-12/h3-10,14H,1-2H3. The van der Waals surface area contributed by atoms with E-state index in [1.165, 1.54) is 0 Å². The summed E-state index contributed by atoms with van der Waals surface area (Å²) in [7, 11) is 1.92. The molecule has 1 N–H and O–H groups in total. The lowest BCUT2D eigenvalue weighted by atomic mass is 10.1. The summed E-state index contributed by atoms with van der Waals surface area (Å²) >= 11 is 0. The first-order valence-corrected chi connectivity index (χ1v) is 5.50. The molecule has 2 heterocycles. The Bertz CT molecular complexity index is 456. The van der Waals surface area contributed by atoms with Gasteiger partial charge in [0.2, 0.25) is 5.88 Å². The number of hydrogen-bond donors (Lipinski definition) is 1. The van der Waals surface area contributed by atoms with Gasteiger partial charge in [-0.05, 0) is 31.7 Å². The maximum atomic E-state index is 5.55. The van der Waals surface area contributed by atoms with E-state index >= 15 is 0 Å². The SMILES string of the molecule is CNC(C)c1ccc(Oc2cccnc2)nc1. The second-order valence-electron chi connectivity index (χ2n) is 3.73. The molecule has 0 aliphatic heterocycles. The third kappa shape index (κ3) is 3.01. The van der Waals surface area contributed by atoms with Crippen LogP contribution in [0.5, 0.6) is 11.6 Å². The molecule has 17 heavy (non-hydrogen) atoms. The molecule has 0 saturated carbocycles. The van der Waals surface area contributed by atoms with Crippen LogP contribution in [0.25, 0.3) is 0 Å². The summed E-state index contributed by atoms with van der Waals surface area (Å²) in [6.07, 6.45) is 5.18. The number of aromatic nitrogens is 2. The number of rotatable bonds is 4. The molecule has 0 radical (unpaired) electrons. The Balaban J connectivity index is 2.08. The molecule has 0 bridgehead atoms. The van der Waals surface area contributed by atoms with Crippen molar-refractivity contribution in [2.24, 2.45) is 0 Å². The van der Waals surface area contributed by atoms with Crippen molar-refractivity contribution in [3.05, 3.63) is 48.4 Å². The zero-order valence-corrected chi connectivity index (χ0v) is 9.92. The molecule has 0 aromatic carbocycles. The second-order valence-corrected chi connectivity index (χ2v) is 3.73. The third-order valence-corrected chi connectivity index (χ3v) is 2.55. The fourth-order valence-electron chi connectivity index (χ4n) is 1.40. The van der Waals surface area contributed by atoms with Crippen molar-refractivity contribution < 1.29 is 4.74 Å². The minimum atomic E-state index is 0.287. The highest BCUT2D eigenvalue weighted by Crippen LogP contribution is 2.19. The van der Waals surface area contributed by atoms with E-state index in [1.807, 2.05) is 37.5 Å². The molecule has 4 heteroatoms. The van der Waals surface area contributed by atoms with E-state index in [0.717, 1.165) is 5.56 Å². The molecule has 0 fully saturated rings. The Morgan fingerprint density at radius 2 is 2.12 bits per heavy atom. The first kappa shape index (κ1) is 11.5. The smallest absolute Gasteiger partial charge is 0.219 e. The predicted octanol–water partition coefficient (Wildman–Crippen LogP) is 2.55. The molecule has 0 spiro atoms. The maximum Gasteiger partial charge on any atom is 0.219 e. The van der Waals surface area contributed by atoms with Gasteiger partial charge in [-0.15, -0.1) is 0 Å². The molecule has 2 aromatic heterocycles. The van der Waals surface area contributed by atoms with Gasteiger partial charge in [-0.2, -0.15) is 0 Å². The van der Waals surface area contributed by atoms with Gasteiger partial charge in [-0.25, -0.2) is 4.98 Å². The monoisotopic (exact) mass is 229 g/mol. The van der Waals surface area contributed by atoms with Crippen molar-refractivity contribution in [1.29, 1.82) is 0 Å². The summed E-state index contributed by atoms with van der Waals surface area (Å²) in [5, 5.41) is 3.16. The number of ether oxygens (including phenoxy) is 1. The van der Waals surface area contributed by atoms with Gasteiger partial charge in [0.15, 0.2) is 0 Å². The van der Waals surface area contributed by atoms with Crippen LogP contribution in [0.1, 0.15) is 18.5 Å². The predicted molar refractivity (Wildman–Crippen MR) is 66.0 cm³/mol. The van der Waals surface area contributed by atoms with Gasteiger partial charge in [0, 0.05) is 24.5 Å². The van der Waals surface area contributed by atoms with Crippen LogP contribution in [0.2, 0.25) is 0 Å². The fraction of sp³-hybridized carbons (Fsp3) is 0.231. The Morgan fingerprint density at radius 1 is 1.24 bits per heavy atom. The van der Waals surface area contributed by atoms with Gasteiger partial charge in [0.25, 0.3) is 0 Å². The molecule has 1 unspecified atom stereocenters. The maximum absolute atomic E-state index is 5.55. The van der Waals surface area contributed by atoms with E-state index in [-0.39, 0.29) is 6.04 Å². The van der Waals surface area contributed by atoms with Crippen LogP contribution in [-0.2, 0) is 0 Å². The van der Waals surface area contributed by atoms with Crippen LogP contribution in [0.15, 0.2) is 42.9 Å². The van der Waals surface area contributed by atoms with Crippen LogP contribution < -0.4 is 10.1 Å². The minimum Gasteiger partial charge on any atom is -0.437 e. The molecular weight excluding hydrogens is 214 g/mol. The Kier molecular flexibility index (Phi) is 3.67. The highest BCUT2D eigenvalue weighted by Gasteiger charge is 2.03. The summed E-state index contributed by atoms with van der Waals surface area (Å²) in [6.45, 7) is 2.08. The van der Waals surface area contributed by atoms with Crippen molar-refractivity contribution in [3.8, 4) is 11.6 Å². The second kappa shape index (κ2) is 5.41. The summed E-state index contributed by atoms with van der Waals surface area (Å²) in [5.74, 6) is 1.26. The molecule has 2 aromatic rings. The molecule has 0 amide bonds. The van der Waals surface area contributed by atoms with Crippen LogP contribution in [0.3, 0.4) is 0 Å². The quantitative estimate of drug-likeness (QED) is 0.875. The van der Waals surface area contributed by atoms with E-state index in [9.17, 15) is 0 Å². The van der Waals surface area contributed by atoms with E-state index < -0.39 is 0 Å². The van der Waals surface area contributed by atoms with Gasteiger partial charge in [-0.3, -0.25) is 4.98 Å². The Morgan fingerprint density at radius 3 is 2.71 bits per heavy atom. The van der Waals surface area contributed by atoms with Crippen molar-refractivity contribution >= 4 is 0 Å². The zero-order chi connectivity index (χ0) is 12.1. The normalized spacial score (nSPS) is 12.1. The average molecular weight is 229 g/mol. The first-order valence-electron chi connectivity index (χ1n) is 5.50. The van der Waals surface area contributed by atoms with Crippen molar-refractivity contribution in [1.82, 2.24) is 15.3 Å². The lowest BCUT2D eigenvalue weighted by molar-refractivity contribution is 0.459. The summed E-state index contributed by atoms with van der Waals surface area (Å²) in [4.78, 5) is 8.23. The van der Waals surface area contributed by atoms with Crippen molar-refractivity contribution in [2.75, 3.05) is 7.05 Å². The molecule has 0 aliphatic rings. The molecule has 88 valence electrons. The fourth-order valence-corrected chi connectivity index (χ4v) is 1.40. The first-order chi connectivity index (χ1) is 8.29. The largest absolute Gasteiger partial charge is 0.437 e. The lowest BCUT2D eigenvalue weighted by Gasteiger charge is -2.10. The Labute approximate surface area is 101 Å². The number of nitrogens with zero attached hydrogens (tertiary/aromatic N) is 2. The minimum absolute atomic E-state index is 0.287. The summed E-state index contributed by atoms with van der Waals surface area (Å²) < 4.78 is 5.55. The van der Waals surface area contributed by atoms with Crippen molar-refractivity contribution in [3.63, 3.8) is 0 Å². The number of pyridine rings is 2. The molecular formula is C13H15N3O. The zero-order valence-electron chi connectivity index (χ0n) is 9.92. The van der Waals surface area contributed by atoms with Crippen LogP contribution in [-0.4, -0.2) is 17.0 Å². The number of nitrogens with one attached hydrogen (secondary N) is 1. The molecule has 0 saturated heterocycles. The highest BCUT2D eigenvalue weighted by atomic mass is 16.5. The molecule has 2 rings (SSSR count). The van der Waals surface area contributed by atoms with E-state index in [4.69, 9.17) is 4.74 Å².